The van der Waals surface area contributed by atoms with Crippen LogP contribution in [-0.4, -0.2) is 38.5 Å². The third kappa shape index (κ3) is 3.61. The molecule has 0 amide bonds. The lowest BCUT2D eigenvalue weighted by Crippen LogP contribution is -2.48. The molecule has 1 atom stereocenters. The lowest BCUT2D eigenvalue weighted by Gasteiger charge is -2.42. The van der Waals surface area contributed by atoms with Gasteiger partial charge in [-0.1, -0.05) is 29.8 Å². The van der Waals surface area contributed by atoms with Gasteiger partial charge in [0, 0.05) is 38.1 Å². The summed E-state index contributed by atoms with van der Waals surface area (Å²) in [6.07, 6.45) is 7.26. The van der Waals surface area contributed by atoms with Crippen molar-refractivity contribution >= 4 is 40.2 Å². The number of nitrogens with zero attached hydrogens (tertiary/aromatic N) is 6. The van der Waals surface area contributed by atoms with Crippen molar-refractivity contribution in [1.29, 1.82) is 5.26 Å². The van der Waals surface area contributed by atoms with Crippen molar-refractivity contribution < 1.29 is 0 Å². The van der Waals surface area contributed by atoms with Crippen LogP contribution >= 0.6 is 23.4 Å². The molecule has 2 N–H and O–H groups in total. The average Bonchev–Trinajstić information content (AvgIpc) is 3.33. The number of fused-ring (bicyclic) bond motifs is 1. The molecule has 2 aromatic heterocycles. The Labute approximate surface area is 201 Å². The van der Waals surface area contributed by atoms with E-state index in [1.54, 1.807) is 24.9 Å². The summed E-state index contributed by atoms with van der Waals surface area (Å²) in [5.74, 6) is 0.686. The largest absolute Gasteiger partial charge is 0.342 e. The molecule has 172 valence electrons. The van der Waals surface area contributed by atoms with Crippen molar-refractivity contribution in [1.82, 2.24) is 19.3 Å². The van der Waals surface area contributed by atoms with Crippen LogP contribution in [0.2, 0.25) is 5.02 Å². The summed E-state index contributed by atoms with van der Waals surface area (Å²) in [5, 5.41) is 14.8. The molecule has 0 radical (unpaired) electrons. The highest BCUT2D eigenvalue weighted by Crippen LogP contribution is 2.46. The van der Waals surface area contributed by atoms with Gasteiger partial charge in [-0.05, 0) is 43.2 Å². The molecule has 1 saturated carbocycles. The molecule has 33 heavy (non-hydrogen) atoms. The maximum absolute atomic E-state index is 13.2. The Morgan fingerprint density at radius 1 is 1.24 bits per heavy atom. The maximum atomic E-state index is 13.2. The van der Waals surface area contributed by atoms with Gasteiger partial charge >= 0.3 is 0 Å². The molecular formula is C23H26ClN7OS. The van der Waals surface area contributed by atoms with E-state index in [9.17, 15) is 10.1 Å². The number of aryl methyl sites for hydroxylation is 1. The van der Waals surface area contributed by atoms with Crippen LogP contribution in [0.4, 0.5) is 5.95 Å². The molecule has 0 bridgehead atoms. The molecule has 10 heteroatoms. The van der Waals surface area contributed by atoms with E-state index in [0.29, 0.717) is 43.4 Å². The number of halogens is 1. The predicted molar refractivity (Wildman–Crippen MR) is 130 cm³/mol. The number of nitrogens with two attached hydrogens (primary N) is 1. The second-order valence-corrected chi connectivity index (χ2v) is 10.6. The fourth-order valence-corrected chi connectivity index (χ4v) is 6.63. The van der Waals surface area contributed by atoms with Gasteiger partial charge in [0.05, 0.1) is 27.0 Å². The molecule has 8 nitrogen and oxygen atoms in total. The van der Waals surface area contributed by atoms with Gasteiger partial charge in [0.15, 0.2) is 0 Å². The molecule has 1 spiro atoms. The van der Waals surface area contributed by atoms with Crippen LogP contribution in [0, 0.1) is 16.7 Å². The van der Waals surface area contributed by atoms with Crippen LogP contribution < -0.4 is 16.2 Å². The van der Waals surface area contributed by atoms with Crippen LogP contribution in [0.25, 0.3) is 10.9 Å². The monoisotopic (exact) mass is 483 g/mol. The lowest BCUT2D eigenvalue weighted by molar-refractivity contribution is 0.196. The van der Waals surface area contributed by atoms with Gasteiger partial charge in [0.2, 0.25) is 5.95 Å². The van der Waals surface area contributed by atoms with Gasteiger partial charge in [0.25, 0.3) is 5.56 Å². The quantitative estimate of drug-likeness (QED) is 0.608. The molecule has 3 heterocycles. The Kier molecular flexibility index (Phi) is 5.63. The Bertz CT molecular complexity index is 1330. The van der Waals surface area contributed by atoms with Crippen molar-refractivity contribution in [2.75, 3.05) is 18.0 Å². The fraction of sp³-hybridized carbons (Fsp3) is 0.478. The van der Waals surface area contributed by atoms with E-state index >= 15 is 0 Å². The Morgan fingerprint density at radius 3 is 2.67 bits per heavy atom. The zero-order valence-electron chi connectivity index (χ0n) is 18.7. The van der Waals surface area contributed by atoms with E-state index in [1.807, 2.05) is 12.1 Å². The minimum atomic E-state index is -0.120. The molecule has 3 aromatic rings. The van der Waals surface area contributed by atoms with Crippen molar-refractivity contribution in [3.8, 4) is 6.07 Å². The number of piperidine rings is 1. The van der Waals surface area contributed by atoms with Crippen molar-refractivity contribution in [2.24, 2.45) is 25.2 Å². The van der Waals surface area contributed by atoms with E-state index in [0.717, 1.165) is 32.4 Å². The molecule has 2 aliphatic rings. The smallest absolute Gasteiger partial charge is 0.268 e. The van der Waals surface area contributed by atoms with Crippen LogP contribution in [-0.2, 0) is 14.1 Å². The zero-order valence-corrected chi connectivity index (χ0v) is 20.3. The first-order valence-electron chi connectivity index (χ1n) is 11.1. The summed E-state index contributed by atoms with van der Waals surface area (Å²) in [6, 6.07) is 6.08. The summed E-state index contributed by atoms with van der Waals surface area (Å²) in [7, 11) is 3.48. The highest BCUT2D eigenvalue weighted by molar-refractivity contribution is 7.99. The molecule has 1 saturated heterocycles. The van der Waals surface area contributed by atoms with Crippen molar-refractivity contribution in [2.45, 2.75) is 47.9 Å². The van der Waals surface area contributed by atoms with E-state index in [2.05, 4.69) is 21.1 Å². The first-order valence-corrected chi connectivity index (χ1v) is 12.3. The number of nitriles is 1. The van der Waals surface area contributed by atoms with Crippen LogP contribution in [0.15, 0.2) is 32.9 Å². The van der Waals surface area contributed by atoms with Crippen molar-refractivity contribution in [3.05, 3.63) is 39.4 Å². The van der Waals surface area contributed by atoms with E-state index in [1.165, 1.54) is 29.3 Å². The highest BCUT2D eigenvalue weighted by atomic mass is 35.5. The third-order valence-electron chi connectivity index (χ3n) is 7.36. The number of rotatable bonds is 3. The summed E-state index contributed by atoms with van der Waals surface area (Å²) < 4.78 is 3.13. The van der Waals surface area contributed by atoms with Gasteiger partial charge in [-0.3, -0.25) is 14.0 Å². The molecule has 1 aliphatic heterocycles. The molecular weight excluding hydrogens is 458 g/mol. The number of aromatic nitrogens is 4. The number of anilines is 1. The first kappa shape index (κ1) is 22.3. The minimum absolute atomic E-state index is 0.120. The SMILES string of the molecule is Cn1nc2ccc(Sc3cnc(N4CCC5(CCC[C@H]5N)CC4)n(C)c3=O)c(Cl)c2c1C#N. The van der Waals surface area contributed by atoms with E-state index < -0.39 is 0 Å². The standard InChI is InChI=1S/C23H26ClN7OS/c1-29-21(32)17(33-16-6-5-14-19(20(16)24)15(12-25)30(2)28-14)13-27-22(29)31-10-8-23(9-11-31)7-3-4-18(23)26/h5-6,13,18H,3-4,7-11,26H2,1-2H3/t18-/m1/s1. The highest BCUT2D eigenvalue weighted by Gasteiger charge is 2.43. The van der Waals surface area contributed by atoms with Crippen LogP contribution in [0.5, 0.6) is 0 Å². The Balaban J connectivity index is 1.41. The van der Waals surface area contributed by atoms with Gasteiger partial charge in [-0.15, -0.1) is 0 Å². The average molecular weight is 484 g/mol. The maximum Gasteiger partial charge on any atom is 0.268 e. The Morgan fingerprint density at radius 2 is 2.00 bits per heavy atom. The Hall–Kier alpha value is -2.54. The van der Waals surface area contributed by atoms with Crippen LogP contribution in [0.1, 0.15) is 37.8 Å². The summed E-state index contributed by atoms with van der Waals surface area (Å²) in [6.45, 7) is 1.72. The van der Waals surface area contributed by atoms with Gasteiger partial charge in [0.1, 0.15) is 11.8 Å². The molecule has 0 unspecified atom stereocenters. The number of benzene rings is 1. The minimum Gasteiger partial charge on any atom is -0.342 e. The lowest BCUT2D eigenvalue weighted by atomic mass is 9.74. The molecule has 2 fully saturated rings. The van der Waals surface area contributed by atoms with Gasteiger partial charge in [-0.25, -0.2) is 4.98 Å². The predicted octanol–water partition coefficient (Wildman–Crippen LogP) is 3.44. The summed E-state index contributed by atoms with van der Waals surface area (Å²) in [4.78, 5) is 21.2. The summed E-state index contributed by atoms with van der Waals surface area (Å²) in [5.41, 5.74) is 7.60. The van der Waals surface area contributed by atoms with Crippen molar-refractivity contribution in [3.63, 3.8) is 0 Å². The topological polar surface area (TPSA) is 106 Å². The molecule has 1 aromatic carbocycles. The zero-order chi connectivity index (χ0) is 23.3. The molecule has 1 aliphatic carbocycles. The first-order chi connectivity index (χ1) is 15.8. The van der Waals surface area contributed by atoms with E-state index in [4.69, 9.17) is 17.3 Å². The fourth-order valence-electron chi connectivity index (χ4n) is 5.37. The number of hydrogen-bond donors (Lipinski definition) is 1. The molecule has 5 rings (SSSR count). The second kappa shape index (κ2) is 8.35. The number of hydrogen-bond acceptors (Lipinski definition) is 7. The second-order valence-electron chi connectivity index (χ2n) is 9.09. The summed E-state index contributed by atoms with van der Waals surface area (Å²) >= 11 is 7.89. The third-order valence-corrected chi connectivity index (χ3v) is 8.92. The van der Waals surface area contributed by atoms with Gasteiger partial charge < -0.3 is 10.6 Å². The van der Waals surface area contributed by atoms with Gasteiger partial charge in [-0.2, -0.15) is 10.4 Å². The normalized spacial score (nSPS) is 20.0. The van der Waals surface area contributed by atoms with E-state index in [-0.39, 0.29) is 11.0 Å². The van der Waals surface area contributed by atoms with Crippen LogP contribution in [0.3, 0.4) is 0 Å².